The van der Waals surface area contributed by atoms with Gasteiger partial charge in [0.2, 0.25) is 0 Å². The molecule has 2 aromatic heterocycles. The molecule has 1 amide bonds. The third kappa shape index (κ3) is 3.18. The number of amides is 1. The highest BCUT2D eigenvalue weighted by Crippen LogP contribution is 2.38. The second-order valence-electron chi connectivity index (χ2n) is 5.96. The van der Waals surface area contributed by atoms with E-state index in [0.717, 1.165) is 40.0 Å². The van der Waals surface area contributed by atoms with Gasteiger partial charge in [-0.1, -0.05) is 23.7 Å². The number of carbonyl (C=O) groups is 1. The molecular formula is C17H16ClN5OS. The van der Waals surface area contributed by atoms with Crippen LogP contribution >= 0.6 is 22.9 Å². The molecule has 1 aliphatic rings. The minimum absolute atomic E-state index is 0.204. The number of nitrogens with one attached hydrogen (secondary N) is 2. The van der Waals surface area contributed by atoms with Crippen LogP contribution in [0.3, 0.4) is 0 Å². The standard InChI is InChI=1S/C17H16ClN5OS/c18-10-3-1-9(2-4-10)13-7-12-15(25-13)14(16(19)24)22-23-17(12)21-11-5-6-20-8-11/h1-4,7,11,20H,5-6,8H2,(H2,19,24)(H,21,23). The van der Waals surface area contributed by atoms with Gasteiger partial charge in [-0.05, 0) is 36.7 Å². The molecule has 1 fully saturated rings. The fraction of sp³-hybridized carbons (Fsp3) is 0.235. The number of hydrogen-bond acceptors (Lipinski definition) is 6. The Kier molecular flexibility index (Phi) is 4.29. The molecule has 1 aliphatic heterocycles. The molecule has 4 rings (SSSR count). The molecule has 1 unspecified atom stereocenters. The van der Waals surface area contributed by atoms with Crippen LogP contribution in [-0.4, -0.2) is 35.2 Å². The van der Waals surface area contributed by atoms with Crippen LogP contribution in [-0.2, 0) is 0 Å². The lowest BCUT2D eigenvalue weighted by Gasteiger charge is -2.12. The van der Waals surface area contributed by atoms with Crippen molar-refractivity contribution in [2.24, 2.45) is 5.73 Å². The minimum Gasteiger partial charge on any atom is -0.364 e. The highest BCUT2D eigenvalue weighted by atomic mass is 35.5. The first kappa shape index (κ1) is 16.3. The zero-order valence-electron chi connectivity index (χ0n) is 13.3. The first-order valence-electron chi connectivity index (χ1n) is 7.95. The van der Waals surface area contributed by atoms with Crippen molar-refractivity contribution in [2.45, 2.75) is 12.5 Å². The lowest BCUT2D eigenvalue weighted by atomic mass is 10.1. The molecule has 0 bridgehead atoms. The fourth-order valence-corrected chi connectivity index (χ4v) is 4.22. The summed E-state index contributed by atoms with van der Waals surface area (Å²) >= 11 is 7.45. The van der Waals surface area contributed by atoms with Crippen LogP contribution < -0.4 is 16.4 Å². The molecule has 0 spiro atoms. The number of aromatic nitrogens is 2. The van der Waals surface area contributed by atoms with E-state index in [1.54, 1.807) is 0 Å². The van der Waals surface area contributed by atoms with E-state index in [1.165, 1.54) is 11.3 Å². The van der Waals surface area contributed by atoms with Crippen molar-refractivity contribution in [3.05, 3.63) is 41.0 Å². The number of anilines is 1. The number of rotatable bonds is 4. The Bertz CT molecular complexity index is 934. The molecule has 128 valence electrons. The van der Waals surface area contributed by atoms with E-state index in [1.807, 2.05) is 30.3 Å². The summed E-state index contributed by atoms with van der Waals surface area (Å²) in [5.74, 6) is 0.112. The number of halogens is 1. The Hall–Kier alpha value is -2.22. The molecule has 3 aromatic rings. The van der Waals surface area contributed by atoms with E-state index < -0.39 is 5.91 Å². The van der Waals surface area contributed by atoms with Gasteiger partial charge >= 0.3 is 0 Å². The first-order chi connectivity index (χ1) is 12.1. The Labute approximate surface area is 153 Å². The van der Waals surface area contributed by atoms with Gasteiger partial charge in [0, 0.05) is 27.9 Å². The molecule has 1 atom stereocenters. The third-order valence-corrected chi connectivity index (χ3v) is 5.66. The molecular weight excluding hydrogens is 358 g/mol. The van der Waals surface area contributed by atoms with Crippen LogP contribution in [0.25, 0.3) is 20.5 Å². The number of nitrogens with two attached hydrogens (primary N) is 1. The monoisotopic (exact) mass is 373 g/mol. The van der Waals surface area contributed by atoms with Crippen molar-refractivity contribution in [1.29, 1.82) is 0 Å². The molecule has 1 aromatic carbocycles. The Morgan fingerprint density at radius 1 is 1.32 bits per heavy atom. The summed E-state index contributed by atoms with van der Waals surface area (Å²) in [4.78, 5) is 12.8. The van der Waals surface area contributed by atoms with Gasteiger partial charge in [-0.2, -0.15) is 0 Å². The molecule has 1 saturated heterocycles. The molecule has 3 heterocycles. The topological polar surface area (TPSA) is 92.9 Å². The number of hydrogen-bond donors (Lipinski definition) is 3. The maximum absolute atomic E-state index is 11.7. The van der Waals surface area contributed by atoms with Crippen molar-refractivity contribution in [3.63, 3.8) is 0 Å². The summed E-state index contributed by atoms with van der Waals surface area (Å²) in [6.07, 6.45) is 1.02. The molecule has 6 nitrogen and oxygen atoms in total. The highest BCUT2D eigenvalue weighted by Gasteiger charge is 2.21. The lowest BCUT2D eigenvalue weighted by Crippen LogP contribution is -2.23. The predicted molar refractivity (Wildman–Crippen MR) is 101 cm³/mol. The Morgan fingerprint density at radius 2 is 2.12 bits per heavy atom. The van der Waals surface area contributed by atoms with Crippen LogP contribution in [0.15, 0.2) is 30.3 Å². The lowest BCUT2D eigenvalue weighted by molar-refractivity contribution is 0.0996. The smallest absolute Gasteiger partial charge is 0.270 e. The van der Waals surface area contributed by atoms with Gasteiger partial charge in [-0.15, -0.1) is 21.5 Å². The molecule has 25 heavy (non-hydrogen) atoms. The number of nitrogens with zero attached hydrogens (tertiary/aromatic N) is 2. The average Bonchev–Trinajstić information content (AvgIpc) is 3.25. The molecule has 0 radical (unpaired) electrons. The number of thiophene rings is 1. The quantitative estimate of drug-likeness (QED) is 0.653. The molecule has 8 heteroatoms. The van der Waals surface area contributed by atoms with Gasteiger partial charge in [-0.25, -0.2) is 0 Å². The SMILES string of the molecule is NC(=O)c1nnc(NC2CCNC2)c2cc(-c3ccc(Cl)cc3)sc12. The van der Waals surface area contributed by atoms with Crippen LogP contribution in [0.2, 0.25) is 5.02 Å². The van der Waals surface area contributed by atoms with E-state index in [2.05, 4.69) is 20.8 Å². The summed E-state index contributed by atoms with van der Waals surface area (Å²) in [5, 5.41) is 16.5. The van der Waals surface area contributed by atoms with Gasteiger partial charge in [0.05, 0.1) is 4.70 Å². The van der Waals surface area contributed by atoms with Crippen molar-refractivity contribution < 1.29 is 4.79 Å². The Morgan fingerprint density at radius 3 is 2.80 bits per heavy atom. The van der Waals surface area contributed by atoms with Crippen molar-refractivity contribution in [1.82, 2.24) is 15.5 Å². The third-order valence-electron chi connectivity index (χ3n) is 4.22. The highest BCUT2D eigenvalue weighted by molar-refractivity contribution is 7.22. The first-order valence-corrected chi connectivity index (χ1v) is 9.14. The maximum Gasteiger partial charge on any atom is 0.270 e. The van der Waals surface area contributed by atoms with E-state index in [9.17, 15) is 4.79 Å². The van der Waals surface area contributed by atoms with Crippen molar-refractivity contribution in [3.8, 4) is 10.4 Å². The van der Waals surface area contributed by atoms with Crippen LogP contribution in [0.1, 0.15) is 16.9 Å². The van der Waals surface area contributed by atoms with Gasteiger partial charge < -0.3 is 16.4 Å². The van der Waals surface area contributed by atoms with Crippen LogP contribution in [0.4, 0.5) is 5.82 Å². The molecule has 0 aliphatic carbocycles. The fourth-order valence-electron chi connectivity index (χ4n) is 2.94. The summed E-state index contributed by atoms with van der Waals surface area (Å²) in [5.41, 5.74) is 6.71. The second-order valence-corrected chi connectivity index (χ2v) is 7.44. The van der Waals surface area contributed by atoms with Crippen LogP contribution in [0, 0.1) is 0 Å². The number of fused-ring (bicyclic) bond motifs is 1. The van der Waals surface area contributed by atoms with Crippen molar-refractivity contribution in [2.75, 3.05) is 18.4 Å². The number of benzene rings is 1. The van der Waals surface area contributed by atoms with E-state index >= 15 is 0 Å². The van der Waals surface area contributed by atoms with Crippen molar-refractivity contribution >= 4 is 44.7 Å². The number of carbonyl (C=O) groups excluding carboxylic acids is 1. The number of primary amides is 1. The molecule has 0 saturated carbocycles. The summed E-state index contributed by atoms with van der Waals surface area (Å²) in [6.45, 7) is 1.86. The normalized spacial score (nSPS) is 17.1. The predicted octanol–water partition coefficient (Wildman–Crippen LogP) is 2.88. The van der Waals surface area contributed by atoms with Gasteiger partial charge in [-0.3, -0.25) is 4.79 Å². The van der Waals surface area contributed by atoms with E-state index in [4.69, 9.17) is 17.3 Å². The molecule has 4 N–H and O–H groups in total. The largest absolute Gasteiger partial charge is 0.364 e. The van der Waals surface area contributed by atoms with Gasteiger partial charge in [0.15, 0.2) is 11.5 Å². The average molecular weight is 374 g/mol. The zero-order valence-corrected chi connectivity index (χ0v) is 14.8. The second kappa shape index (κ2) is 6.59. The zero-order chi connectivity index (χ0) is 17.4. The van der Waals surface area contributed by atoms with Gasteiger partial charge in [0.1, 0.15) is 0 Å². The van der Waals surface area contributed by atoms with E-state index in [-0.39, 0.29) is 5.69 Å². The van der Waals surface area contributed by atoms with Gasteiger partial charge in [0.25, 0.3) is 5.91 Å². The summed E-state index contributed by atoms with van der Waals surface area (Å²) < 4.78 is 0.751. The Balaban J connectivity index is 1.82. The maximum atomic E-state index is 11.7. The minimum atomic E-state index is -0.573. The summed E-state index contributed by atoms with van der Waals surface area (Å²) in [7, 11) is 0. The summed E-state index contributed by atoms with van der Waals surface area (Å²) in [6, 6.07) is 9.91. The van der Waals surface area contributed by atoms with E-state index in [0.29, 0.717) is 16.9 Å². The van der Waals surface area contributed by atoms with Crippen LogP contribution in [0.5, 0.6) is 0 Å².